The Morgan fingerprint density at radius 2 is 1.53 bits per heavy atom. The van der Waals surface area contributed by atoms with Gasteiger partial charge in [-0.25, -0.2) is 4.79 Å². The Morgan fingerprint density at radius 3 is 2.07 bits per heavy atom. The molecule has 1 aromatic carbocycles. The van der Waals surface area contributed by atoms with Crippen LogP contribution in [0.25, 0.3) is 0 Å². The maximum Gasteiger partial charge on any atom is 0.338 e. The van der Waals surface area contributed by atoms with Gasteiger partial charge in [0.25, 0.3) is 0 Å². The monoisotopic (exact) mass is 632 g/mol. The van der Waals surface area contributed by atoms with E-state index in [2.05, 4.69) is 0 Å². The van der Waals surface area contributed by atoms with E-state index in [1.54, 1.807) is 32.0 Å². The first kappa shape index (κ1) is 34.6. The highest BCUT2D eigenvalue weighted by atomic mass is 16.6. The van der Waals surface area contributed by atoms with Crippen molar-refractivity contribution in [1.29, 1.82) is 0 Å². The van der Waals surface area contributed by atoms with Crippen molar-refractivity contribution in [3.8, 4) is 0 Å². The summed E-state index contributed by atoms with van der Waals surface area (Å²) in [4.78, 5) is 50.6. The lowest BCUT2D eigenvalue weighted by atomic mass is 9.52. The number of aliphatic hydroxyl groups excluding tert-OH is 3. The van der Waals surface area contributed by atoms with E-state index in [0.717, 1.165) is 0 Å². The molecule has 3 aliphatic carbocycles. The fourth-order valence-corrected chi connectivity index (χ4v) is 8.21. The molecule has 0 spiro atoms. The largest absolute Gasteiger partial charge is 0.465 e. The number of aliphatic hydroxyl groups is 4. The summed E-state index contributed by atoms with van der Waals surface area (Å²) in [5, 5.41) is 48.0. The Morgan fingerprint density at radius 1 is 0.933 bits per heavy atom. The van der Waals surface area contributed by atoms with Crippen molar-refractivity contribution in [1.82, 2.24) is 0 Å². The summed E-state index contributed by atoms with van der Waals surface area (Å²) in [7, 11) is 0. The van der Waals surface area contributed by atoms with E-state index in [-0.39, 0.29) is 36.2 Å². The molecule has 0 bridgehead atoms. The van der Waals surface area contributed by atoms with Crippen LogP contribution in [-0.4, -0.2) is 93.1 Å². The van der Waals surface area contributed by atoms with Gasteiger partial charge in [0.2, 0.25) is 0 Å². The Bertz CT molecular complexity index is 1350. The number of ether oxygens (including phenoxy) is 4. The minimum atomic E-state index is -1.79. The van der Waals surface area contributed by atoms with Crippen LogP contribution >= 0.6 is 0 Å². The average Bonchev–Trinajstić information content (AvgIpc) is 3.19. The molecule has 4 N–H and O–H groups in total. The van der Waals surface area contributed by atoms with Gasteiger partial charge in [0.15, 0.2) is 0 Å². The minimum Gasteiger partial charge on any atom is -0.465 e. The van der Waals surface area contributed by atoms with Gasteiger partial charge in [-0.15, -0.1) is 0 Å². The zero-order valence-corrected chi connectivity index (χ0v) is 26.7. The Hall–Kier alpha value is -3.32. The molecule has 248 valence electrons. The third-order valence-corrected chi connectivity index (χ3v) is 10.2. The number of rotatable bonds is 7. The zero-order chi connectivity index (χ0) is 33.6. The van der Waals surface area contributed by atoms with Crippen LogP contribution in [0.3, 0.4) is 0 Å². The second kappa shape index (κ2) is 12.5. The summed E-state index contributed by atoms with van der Waals surface area (Å²) in [5.41, 5.74) is -4.62. The topological polar surface area (TPSA) is 186 Å². The maximum absolute atomic E-state index is 13.7. The number of carbonyl (C=O) groups is 4. The number of hydrogen-bond acceptors (Lipinski definition) is 12. The molecule has 1 unspecified atom stereocenters. The summed E-state index contributed by atoms with van der Waals surface area (Å²) in [6, 6.07) is 8.03. The Balaban J connectivity index is 2.07. The third kappa shape index (κ3) is 5.89. The molecule has 0 heterocycles. The lowest BCUT2D eigenvalue weighted by molar-refractivity contribution is -0.239. The van der Waals surface area contributed by atoms with Gasteiger partial charge in [0, 0.05) is 39.0 Å². The number of esters is 4. The van der Waals surface area contributed by atoms with E-state index in [9.17, 15) is 39.6 Å². The van der Waals surface area contributed by atoms with E-state index in [0.29, 0.717) is 0 Å². The van der Waals surface area contributed by atoms with Crippen LogP contribution in [0.15, 0.2) is 41.5 Å². The zero-order valence-electron chi connectivity index (χ0n) is 26.7. The van der Waals surface area contributed by atoms with Gasteiger partial charge in [0.1, 0.15) is 24.4 Å². The number of carbonyl (C=O) groups excluding carboxylic acids is 4. The standard InChI is InChI=1S/C33H44O12/c1-16-22(37)14-33(31(5,6)41)25(16)27(38)29(45-30(40)20-11-9-8-10-12-20)32(7)24(44-19(4)36)13-23(43-18(3)35)21(15-42-17(2)34)26(32)28(33)39/h8-12,21-24,26-29,37-39,41H,13-15H2,1-7H3/t21-,22+,23+,24+,26?,27-,28+,29+,32-,33+/m1/s1. The first-order valence-corrected chi connectivity index (χ1v) is 15.1. The van der Waals surface area contributed by atoms with Crippen LogP contribution in [0.2, 0.25) is 0 Å². The SMILES string of the molecule is CC(=O)OC[C@H]1C2[C@H](O)[C@]3(C(C)(C)O)C[C@H](O)C(C)=C3[C@@H](O)[C@H](OC(=O)c3ccccc3)[C@]2(C)[C@@H](OC(C)=O)C[C@@H]1OC(C)=O. The van der Waals surface area contributed by atoms with Gasteiger partial charge in [-0.05, 0) is 50.5 Å². The van der Waals surface area contributed by atoms with Gasteiger partial charge >= 0.3 is 23.9 Å². The summed E-state index contributed by atoms with van der Waals surface area (Å²) in [6.45, 7) is 9.24. The first-order valence-electron chi connectivity index (χ1n) is 15.1. The highest BCUT2D eigenvalue weighted by molar-refractivity contribution is 5.89. The van der Waals surface area contributed by atoms with Gasteiger partial charge in [0.05, 0.1) is 40.8 Å². The molecular formula is C33H44O12. The summed E-state index contributed by atoms with van der Waals surface area (Å²) >= 11 is 0. The van der Waals surface area contributed by atoms with E-state index in [1.807, 2.05) is 0 Å². The van der Waals surface area contributed by atoms with Crippen LogP contribution < -0.4 is 0 Å². The van der Waals surface area contributed by atoms with E-state index < -0.39 is 88.8 Å². The molecule has 3 aliphatic rings. The molecule has 10 atom stereocenters. The molecule has 0 aromatic heterocycles. The quantitative estimate of drug-likeness (QED) is 0.195. The van der Waals surface area contributed by atoms with Crippen molar-refractivity contribution >= 4 is 23.9 Å². The van der Waals surface area contributed by atoms with Crippen LogP contribution in [0, 0.1) is 22.7 Å². The molecule has 45 heavy (non-hydrogen) atoms. The van der Waals surface area contributed by atoms with Gasteiger partial charge in [-0.3, -0.25) is 14.4 Å². The van der Waals surface area contributed by atoms with Crippen LogP contribution in [0.1, 0.15) is 71.7 Å². The molecule has 0 radical (unpaired) electrons. The van der Waals surface area contributed by atoms with E-state index >= 15 is 0 Å². The van der Waals surface area contributed by atoms with Crippen LogP contribution in [0.4, 0.5) is 0 Å². The third-order valence-electron chi connectivity index (χ3n) is 10.2. The van der Waals surface area contributed by atoms with Crippen LogP contribution in [0.5, 0.6) is 0 Å². The summed E-state index contributed by atoms with van der Waals surface area (Å²) < 4.78 is 23.1. The van der Waals surface area contributed by atoms with Crippen molar-refractivity contribution in [3.05, 3.63) is 47.0 Å². The molecule has 1 aromatic rings. The van der Waals surface area contributed by atoms with Crippen molar-refractivity contribution in [2.75, 3.05) is 6.61 Å². The van der Waals surface area contributed by atoms with Crippen molar-refractivity contribution < 1.29 is 58.6 Å². The van der Waals surface area contributed by atoms with E-state index in [4.69, 9.17) is 18.9 Å². The molecule has 0 amide bonds. The van der Waals surface area contributed by atoms with Crippen molar-refractivity contribution in [2.24, 2.45) is 22.7 Å². The molecular weight excluding hydrogens is 588 g/mol. The fraction of sp³-hybridized carbons (Fsp3) is 0.636. The van der Waals surface area contributed by atoms with Gasteiger partial charge in [-0.2, -0.15) is 0 Å². The fourth-order valence-electron chi connectivity index (χ4n) is 8.21. The van der Waals surface area contributed by atoms with E-state index in [1.165, 1.54) is 46.8 Å². The Labute approximate surface area is 262 Å². The minimum absolute atomic E-state index is 0.0911. The normalized spacial score (nSPS) is 36.2. The van der Waals surface area contributed by atoms with Gasteiger partial charge in [-0.1, -0.05) is 25.1 Å². The van der Waals surface area contributed by atoms with Crippen molar-refractivity contribution in [2.45, 2.75) is 104 Å². The molecule has 0 aliphatic heterocycles. The van der Waals surface area contributed by atoms with Gasteiger partial charge < -0.3 is 39.4 Å². The molecule has 12 heteroatoms. The molecule has 2 fully saturated rings. The number of fused-ring (bicyclic) bond motifs is 2. The molecule has 0 saturated heterocycles. The molecule has 2 saturated carbocycles. The average molecular weight is 633 g/mol. The lowest BCUT2D eigenvalue weighted by Gasteiger charge is -2.57. The second-order valence-electron chi connectivity index (χ2n) is 13.3. The first-order chi connectivity index (χ1) is 20.9. The molecule has 4 rings (SSSR count). The Kier molecular flexibility index (Phi) is 9.57. The predicted octanol–water partition coefficient (Wildman–Crippen LogP) is 1.85. The van der Waals surface area contributed by atoms with Crippen LogP contribution in [-0.2, 0) is 33.3 Å². The number of benzene rings is 1. The molecule has 12 nitrogen and oxygen atoms in total. The highest BCUT2D eigenvalue weighted by Gasteiger charge is 2.73. The maximum atomic E-state index is 13.7. The highest BCUT2D eigenvalue weighted by Crippen LogP contribution is 2.65. The summed E-state index contributed by atoms with van der Waals surface area (Å²) in [5.74, 6) is -5.08. The number of hydrogen-bond donors (Lipinski definition) is 4. The lowest BCUT2D eigenvalue weighted by Crippen LogP contribution is -2.66. The second-order valence-corrected chi connectivity index (χ2v) is 13.3. The smallest absolute Gasteiger partial charge is 0.338 e. The predicted molar refractivity (Wildman–Crippen MR) is 157 cm³/mol. The van der Waals surface area contributed by atoms with Crippen molar-refractivity contribution in [3.63, 3.8) is 0 Å². The summed E-state index contributed by atoms with van der Waals surface area (Å²) in [6.07, 6.45) is -8.70.